The Kier molecular flexibility index (Phi) is 7.23. The van der Waals surface area contributed by atoms with Crippen molar-refractivity contribution in [2.24, 2.45) is 0 Å². The number of benzene rings is 3. The van der Waals surface area contributed by atoms with Crippen molar-refractivity contribution in [1.82, 2.24) is 0 Å². The first kappa shape index (κ1) is 20.8. The van der Waals surface area contributed by atoms with Crippen molar-refractivity contribution >= 4 is 49.5 Å². The van der Waals surface area contributed by atoms with E-state index in [9.17, 15) is 10.1 Å². The normalized spacial score (nSPS) is 10.9. The molecule has 0 aliphatic carbocycles. The molecule has 1 N–H and O–H groups in total. The molecular weight excluding hydrogens is 496 g/mol. The third-order valence-corrected chi connectivity index (χ3v) is 5.12. The molecule has 3 rings (SSSR count). The van der Waals surface area contributed by atoms with E-state index in [1.54, 1.807) is 30.3 Å². The molecular formula is C23H16Br2N2O2. The Morgan fingerprint density at radius 2 is 1.76 bits per heavy atom. The second-order valence-electron chi connectivity index (χ2n) is 6.09. The first-order valence-electron chi connectivity index (χ1n) is 8.70. The SMILES string of the molecule is N#C/C(=C\c1ccc(OCc2ccc(Br)cc2)c(Br)c1)C(=O)Nc1ccccc1. The minimum atomic E-state index is -0.453. The lowest BCUT2D eigenvalue weighted by atomic mass is 10.1. The van der Waals surface area contributed by atoms with Crippen molar-refractivity contribution in [2.75, 3.05) is 5.32 Å². The fourth-order valence-electron chi connectivity index (χ4n) is 2.50. The second-order valence-corrected chi connectivity index (χ2v) is 7.86. The van der Waals surface area contributed by atoms with Crippen molar-refractivity contribution < 1.29 is 9.53 Å². The van der Waals surface area contributed by atoms with Gasteiger partial charge in [0, 0.05) is 10.2 Å². The summed E-state index contributed by atoms with van der Waals surface area (Å²) >= 11 is 6.90. The van der Waals surface area contributed by atoms with Crippen LogP contribution in [0.1, 0.15) is 11.1 Å². The maximum Gasteiger partial charge on any atom is 0.266 e. The number of carbonyl (C=O) groups excluding carboxylic acids is 1. The van der Waals surface area contributed by atoms with Crippen LogP contribution in [0.3, 0.4) is 0 Å². The van der Waals surface area contributed by atoms with Gasteiger partial charge in [0.25, 0.3) is 5.91 Å². The number of rotatable bonds is 6. The van der Waals surface area contributed by atoms with E-state index in [4.69, 9.17) is 4.74 Å². The quantitative estimate of drug-likeness (QED) is 0.310. The van der Waals surface area contributed by atoms with Crippen molar-refractivity contribution in [1.29, 1.82) is 5.26 Å². The van der Waals surface area contributed by atoms with Crippen molar-refractivity contribution in [3.63, 3.8) is 0 Å². The molecule has 0 aliphatic heterocycles. The Hall–Kier alpha value is -2.88. The van der Waals surface area contributed by atoms with Gasteiger partial charge in [0.1, 0.15) is 24.0 Å². The van der Waals surface area contributed by atoms with Crippen LogP contribution < -0.4 is 10.1 Å². The number of halogens is 2. The van der Waals surface area contributed by atoms with E-state index in [1.165, 1.54) is 0 Å². The van der Waals surface area contributed by atoms with Crippen molar-refractivity contribution in [3.8, 4) is 11.8 Å². The molecule has 0 aromatic heterocycles. The molecule has 0 aliphatic rings. The summed E-state index contributed by atoms with van der Waals surface area (Å²) < 4.78 is 7.61. The van der Waals surface area contributed by atoms with Gasteiger partial charge in [-0.25, -0.2) is 0 Å². The predicted octanol–water partition coefficient (Wildman–Crippen LogP) is 6.34. The highest BCUT2D eigenvalue weighted by atomic mass is 79.9. The number of hydrogen-bond acceptors (Lipinski definition) is 3. The second kappa shape index (κ2) is 10.1. The number of hydrogen-bond donors (Lipinski definition) is 1. The fraction of sp³-hybridized carbons (Fsp3) is 0.0435. The Balaban J connectivity index is 1.70. The van der Waals surface area contributed by atoms with Crippen LogP contribution in [0.4, 0.5) is 5.69 Å². The molecule has 0 radical (unpaired) electrons. The Bertz CT molecular complexity index is 1070. The Morgan fingerprint density at radius 1 is 1.03 bits per heavy atom. The zero-order valence-electron chi connectivity index (χ0n) is 15.2. The number of nitrogens with zero attached hydrogens (tertiary/aromatic N) is 1. The molecule has 0 atom stereocenters. The highest BCUT2D eigenvalue weighted by Crippen LogP contribution is 2.28. The minimum absolute atomic E-state index is 0.0179. The van der Waals surface area contributed by atoms with Gasteiger partial charge in [-0.05, 0) is 69.5 Å². The summed E-state index contributed by atoms with van der Waals surface area (Å²) in [6.45, 7) is 0.435. The molecule has 0 unspecified atom stereocenters. The van der Waals surface area contributed by atoms with Crippen LogP contribution in [0.5, 0.6) is 5.75 Å². The van der Waals surface area contributed by atoms with E-state index in [1.807, 2.05) is 54.6 Å². The number of carbonyl (C=O) groups is 1. The zero-order chi connectivity index (χ0) is 20.6. The van der Waals surface area contributed by atoms with Crippen LogP contribution in [-0.4, -0.2) is 5.91 Å². The number of nitrogens with one attached hydrogen (secondary N) is 1. The molecule has 0 bridgehead atoms. The minimum Gasteiger partial charge on any atom is -0.488 e. The molecule has 0 heterocycles. The summed E-state index contributed by atoms with van der Waals surface area (Å²) in [6.07, 6.45) is 1.54. The van der Waals surface area contributed by atoms with Crippen LogP contribution in [-0.2, 0) is 11.4 Å². The van der Waals surface area contributed by atoms with E-state index in [0.717, 1.165) is 14.5 Å². The summed E-state index contributed by atoms with van der Waals surface area (Å²) in [4.78, 5) is 12.3. The third-order valence-electron chi connectivity index (χ3n) is 3.97. The molecule has 0 spiro atoms. The molecule has 0 saturated heterocycles. The monoisotopic (exact) mass is 510 g/mol. The van der Waals surface area contributed by atoms with Crippen LogP contribution in [0, 0.1) is 11.3 Å². The van der Waals surface area contributed by atoms with Gasteiger partial charge in [-0.2, -0.15) is 5.26 Å². The molecule has 1 amide bonds. The average molecular weight is 512 g/mol. The molecule has 6 heteroatoms. The van der Waals surface area contributed by atoms with Gasteiger partial charge < -0.3 is 10.1 Å². The van der Waals surface area contributed by atoms with Gasteiger partial charge in [0.2, 0.25) is 0 Å². The summed E-state index contributed by atoms with van der Waals surface area (Å²) in [6, 6.07) is 24.3. The fourth-order valence-corrected chi connectivity index (χ4v) is 3.28. The molecule has 29 heavy (non-hydrogen) atoms. The first-order chi connectivity index (χ1) is 14.0. The Morgan fingerprint density at radius 3 is 2.41 bits per heavy atom. The van der Waals surface area contributed by atoms with Crippen LogP contribution >= 0.6 is 31.9 Å². The first-order valence-corrected chi connectivity index (χ1v) is 10.3. The van der Waals surface area contributed by atoms with E-state index in [2.05, 4.69) is 37.2 Å². The van der Waals surface area contributed by atoms with Crippen LogP contribution in [0.25, 0.3) is 6.08 Å². The highest BCUT2D eigenvalue weighted by molar-refractivity contribution is 9.10. The molecule has 144 valence electrons. The number of ether oxygens (including phenoxy) is 1. The lowest BCUT2D eigenvalue weighted by molar-refractivity contribution is -0.112. The van der Waals surface area contributed by atoms with E-state index >= 15 is 0 Å². The van der Waals surface area contributed by atoms with Gasteiger partial charge in [0.15, 0.2) is 0 Å². The predicted molar refractivity (Wildman–Crippen MR) is 121 cm³/mol. The van der Waals surface area contributed by atoms with Crippen LogP contribution in [0.15, 0.2) is 87.3 Å². The number of nitriles is 1. The van der Waals surface area contributed by atoms with Gasteiger partial charge >= 0.3 is 0 Å². The van der Waals surface area contributed by atoms with Gasteiger partial charge in [-0.1, -0.05) is 52.3 Å². The lowest BCUT2D eigenvalue weighted by Gasteiger charge is -2.09. The van der Waals surface area contributed by atoms with E-state index < -0.39 is 5.91 Å². The van der Waals surface area contributed by atoms with Crippen molar-refractivity contribution in [2.45, 2.75) is 6.61 Å². The third kappa shape index (κ3) is 6.05. The topological polar surface area (TPSA) is 62.1 Å². The average Bonchev–Trinajstić information content (AvgIpc) is 2.73. The van der Waals surface area contributed by atoms with Gasteiger partial charge in [0.05, 0.1) is 4.47 Å². The molecule has 0 fully saturated rings. The van der Waals surface area contributed by atoms with Crippen molar-refractivity contribution in [3.05, 3.63) is 98.4 Å². The number of anilines is 1. The molecule has 3 aromatic rings. The smallest absolute Gasteiger partial charge is 0.266 e. The molecule has 4 nitrogen and oxygen atoms in total. The summed E-state index contributed by atoms with van der Waals surface area (Å²) in [5.74, 6) is 0.225. The maximum atomic E-state index is 12.3. The standard InChI is InChI=1S/C23H16Br2N2O2/c24-19-9-6-16(7-10-19)15-29-22-11-8-17(13-21(22)25)12-18(14-26)23(28)27-20-4-2-1-3-5-20/h1-13H,15H2,(H,27,28)/b18-12+. The van der Waals surface area contributed by atoms with E-state index in [-0.39, 0.29) is 5.57 Å². The summed E-state index contributed by atoms with van der Waals surface area (Å²) in [5.41, 5.74) is 2.42. The zero-order valence-corrected chi connectivity index (χ0v) is 18.4. The Labute approximate surface area is 186 Å². The largest absolute Gasteiger partial charge is 0.488 e. The summed E-state index contributed by atoms with van der Waals surface area (Å²) in [5, 5.41) is 12.1. The van der Waals surface area contributed by atoms with E-state index in [0.29, 0.717) is 23.6 Å². The van der Waals surface area contributed by atoms with Crippen LogP contribution in [0.2, 0.25) is 0 Å². The number of amides is 1. The number of para-hydroxylation sites is 1. The molecule has 0 saturated carbocycles. The van der Waals surface area contributed by atoms with Gasteiger partial charge in [-0.15, -0.1) is 0 Å². The lowest BCUT2D eigenvalue weighted by Crippen LogP contribution is -2.13. The highest BCUT2D eigenvalue weighted by Gasteiger charge is 2.10. The molecule has 3 aromatic carbocycles. The summed E-state index contributed by atoms with van der Waals surface area (Å²) in [7, 11) is 0. The maximum absolute atomic E-state index is 12.3. The van der Waals surface area contributed by atoms with Gasteiger partial charge in [-0.3, -0.25) is 4.79 Å².